The summed E-state index contributed by atoms with van der Waals surface area (Å²) in [5, 5.41) is 8.72. The van der Waals surface area contributed by atoms with Gasteiger partial charge in [0.1, 0.15) is 11.8 Å². The molecule has 1 atom stereocenters. The fraction of sp³-hybridized carbons (Fsp3) is 0.0952. The van der Waals surface area contributed by atoms with Crippen LogP contribution in [0.3, 0.4) is 0 Å². The van der Waals surface area contributed by atoms with Crippen molar-refractivity contribution in [2.45, 2.75) is 12.5 Å². The lowest BCUT2D eigenvalue weighted by Crippen LogP contribution is -2.39. The molecule has 140 valence electrons. The van der Waals surface area contributed by atoms with Gasteiger partial charge in [0.05, 0.1) is 5.69 Å². The Morgan fingerprint density at radius 2 is 1.68 bits per heavy atom. The Morgan fingerprint density at radius 1 is 0.964 bits per heavy atom. The molecule has 7 heteroatoms. The number of rotatable bonds is 5. The standard InChI is InChI=1S/C21H19N5O2/c22-20(27)19-14-18(24-26(19)16-8-2-1-3-9-16)21(28)23-15-7-6-10-17(13-15)25-11-4-5-12-25/h1-13,19H,14H2,(H2,22,27)(H,23,28)/t19-/m1/s1. The number of anilines is 2. The van der Waals surface area contributed by atoms with E-state index in [-0.39, 0.29) is 18.0 Å². The van der Waals surface area contributed by atoms with Gasteiger partial charge in [0.2, 0.25) is 5.91 Å². The van der Waals surface area contributed by atoms with E-state index in [1.165, 1.54) is 5.01 Å². The SMILES string of the molecule is NC(=O)[C@H]1CC(C(=O)Nc2cccc(-n3cccc3)c2)=NN1c1ccccc1. The minimum absolute atomic E-state index is 0.160. The fourth-order valence-corrected chi connectivity index (χ4v) is 3.14. The summed E-state index contributed by atoms with van der Waals surface area (Å²) in [4.78, 5) is 24.6. The summed E-state index contributed by atoms with van der Waals surface area (Å²) in [7, 11) is 0. The van der Waals surface area contributed by atoms with Crippen LogP contribution in [0.4, 0.5) is 11.4 Å². The first kappa shape index (κ1) is 17.5. The van der Waals surface area contributed by atoms with Gasteiger partial charge in [-0.1, -0.05) is 24.3 Å². The molecular weight excluding hydrogens is 354 g/mol. The molecule has 2 aromatic carbocycles. The van der Waals surface area contributed by atoms with Gasteiger partial charge in [-0.15, -0.1) is 0 Å². The molecule has 0 aliphatic carbocycles. The van der Waals surface area contributed by atoms with E-state index in [0.717, 1.165) is 5.69 Å². The summed E-state index contributed by atoms with van der Waals surface area (Å²) in [6, 6.07) is 19.9. The second kappa shape index (κ2) is 7.40. The van der Waals surface area contributed by atoms with Gasteiger partial charge in [-0.2, -0.15) is 5.10 Å². The summed E-state index contributed by atoms with van der Waals surface area (Å²) < 4.78 is 1.95. The highest BCUT2D eigenvalue weighted by Crippen LogP contribution is 2.25. The Morgan fingerprint density at radius 3 is 2.39 bits per heavy atom. The van der Waals surface area contributed by atoms with Crippen LogP contribution in [0.2, 0.25) is 0 Å². The average molecular weight is 373 g/mol. The van der Waals surface area contributed by atoms with E-state index >= 15 is 0 Å². The Bertz CT molecular complexity index is 1030. The first-order valence-electron chi connectivity index (χ1n) is 8.87. The van der Waals surface area contributed by atoms with Crippen LogP contribution >= 0.6 is 0 Å². The quantitative estimate of drug-likeness (QED) is 0.720. The molecule has 0 unspecified atom stereocenters. The topological polar surface area (TPSA) is 92.7 Å². The molecule has 0 spiro atoms. The van der Waals surface area contributed by atoms with Gasteiger partial charge in [0, 0.05) is 30.2 Å². The Balaban J connectivity index is 1.55. The number of nitrogens with zero attached hydrogens (tertiary/aromatic N) is 3. The van der Waals surface area contributed by atoms with Crippen LogP contribution in [-0.2, 0) is 9.59 Å². The van der Waals surface area contributed by atoms with Crippen LogP contribution in [0.1, 0.15) is 6.42 Å². The smallest absolute Gasteiger partial charge is 0.271 e. The van der Waals surface area contributed by atoms with Gasteiger partial charge in [-0.3, -0.25) is 14.6 Å². The molecule has 0 bridgehead atoms. The molecule has 0 saturated heterocycles. The maximum Gasteiger partial charge on any atom is 0.271 e. The molecule has 28 heavy (non-hydrogen) atoms. The third kappa shape index (κ3) is 3.50. The van der Waals surface area contributed by atoms with Crippen molar-refractivity contribution in [3.8, 4) is 5.69 Å². The molecule has 2 heterocycles. The van der Waals surface area contributed by atoms with Crippen molar-refractivity contribution in [3.63, 3.8) is 0 Å². The molecule has 0 radical (unpaired) electrons. The number of carbonyl (C=O) groups excluding carboxylic acids is 2. The van der Waals surface area contributed by atoms with Crippen LogP contribution in [0.25, 0.3) is 5.69 Å². The monoisotopic (exact) mass is 373 g/mol. The summed E-state index contributed by atoms with van der Waals surface area (Å²) in [5.74, 6) is -0.876. The number of para-hydroxylation sites is 1. The van der Waals surface area contributed by atoms with E-state index in [1.807, 2.05) is 77.6 Å². The molecule has 2 amide bonds. The van der Waals surface area contributed by atoms with Gasteiger partial charge in [0.15, 0.2) is 0 Å². The number of hydrazone groups is 1. The zero-order valence-corrected chi connectivity index (χ0v) is 15.0. The van der Waals surface area contributed by atoms with Crippen LogP contribution < -0.4 is 16.1 Å². The molecule has 7 nitrogen and oxygen atoms in total. The molecular formula is C21H19N5O2. The van der Waals surface area contributed by atoms with Crippen LogP contribution in [-0.4, -0.2) is 28.1 Å². The Labute approximate surface area is 162 Å². The van der Waals surface area contributed by atoms with Crippen LogP contribution in [0.15, 0.2) is 84.2 Å². The minimum Gasteiger partial charge on any atom is -0.368 e. The van der Waals surface area contributed by atoms with Crippen molar-refractivity contribution >= 4 is 28.9 Å². The first-order valence-corrected chi connectivity index (χ1v) is 8.87. The van der Waals surface area contributed by atoms with Crippen molar-refractivity contribution in [2.75, 3.05) is 10.3 Å². The third-order valence-corrected chi connectivity index (χ3v) is 4.53. The molecule has 3 N–H and O–H groups in total. The van der Waals surface area contributed by atoms with Crippen molar-refractivity contribution in [1.82, 2.24) is 4.57 Å². The first-order chi connectivity index (χ1) is 13.6. The van der Waals surface area contributed by atoms with E-state index in [2.05, 4.69) is 10.4 Å². The van der Waals surface area contributed by atoms with E-state index in [0.29, 0.717) is 11.4 Å². The number of nitrogens with one attached hydrogen (secondary N) is 1. The third-order valence-electron chi connectivity index (χ3n) is 4.53. The highest BCUT2D eigenvalue weighted by Gasteiger charge is 2.34. The highest BCUT2D eigenvalue weighted by atomic mass is 16.2. The van der Waals surface area contributed by atoms with Gasteiger partial charge < -0.3 is 15.6 Å². The molecule has 0 saturated carbocycles. The molecule has 0 fully saturated rings. The summed E-state index contributed by atoms with van der Waals surface area (Å²) >= 11 is 0. The molecule has 1 aliphatic rings. The Hall–Kier alpha value is -3.87. The summed E-state index contributed by atoms with van der Waals surface area (Å²) in [6.07, 6.45) is 4.02. The molecule has 1 aliphatic heterocycles. The number of aromatic nitrogens is 1. The lowest BCUT2D eigenvalue weighted by atomic mass is 10.1. The Kier molecular flexibility index (Phi) is 4.63. The number of primary amides is 1. The number of hydrogen-bond acceptors (Lipinski definition) is 4. The van der Waals surface area contributed by atoms with Gasteiger partial charge in [-0.25, -0.2) is 0 Å². The second-order valence-corrected chi connectivity index (χ2v) is 6.44. The predicted octanol–water partition coefficient (Wildman–Crippen LogP) is 2.54. The average Bonchev–Trinajstić information content (AvgIpc) is 3.39. The predicted molar refractivity (Wildman–Crippen MR) is 108 cm³/mol. The number of hydrogen-bond donors (Lipinski definition) is 2. The molecule has 1 aromatic heterocycles. The summed E-state index contributed by atoms with van der Waals surface area (Å²) in [6.45, 7) is 0. The molecule has 3 aromatic rings. The zero-order valence-electron chi connectivity index (χ0n) is 15.0. The molecule has 4 rings (SSSR count). The van der Waals surface area contributed by atoms with Gasteiger partial charge in [-0.05, 0) is 42.5 Å². The highest BCUT2D eigenvalue weighted by molar-refractivity contribution is 6.44. The van der Waals surface area contributed by atoms with E-state index in [1.54, 1.807) is 6.07 Å². The number of nitrogens with two attached hydrogens (primary N) is 1. The lowest BCUT2D eigenvalue weighted by Gasteiger charge is -2.20. The largest absolute Gasteiger partial charge is 0.368 e. The second-order valence-electron chi connectivity index (χ2n) is 6.44. The van der Waals surface area contributed by atoms with Gasteiger partial charge >= 0.3 is 0 Å². The van der Waals surface area contributed by atoms with E-state index < -0.39 is 11.9 Å². The maximum absolute atomic E-state index is 12.7. The number of carbonyl (C=O) groups is 2. The normalized spacial score (nSPS) is 15.9. The minimum atomic E-state index is -0.686. The van der Waals surface area contributed by atoms with Crippen molar-refractivity contribution in [1.29, 1.82) is 0 Å². The van der Waals surface area contributed by atoms with Crippen molar-refractivity contribution < 1.29 is 9.59 Å². The van der Waals surface area contributed by atoms with Crippen LogP contribution in [0.5, 0.6) is 0 Å². The van der Waals surface area contributed by atoms with E-state index in [9.17, 15) is 9.59 Å². The number of benzene rings is 2. The maximum atomic E-state index is 12.7. The van der Waals surface area contributed by atoms with E-state index in [4.69, 9.17) is 5.73 Å². The van der Waals surface area contributed by atoms with Crippen molar-refractivity contribution in [2.24, 2.45) is 10.8 Å². The lowest BCUT2D eigenvalue weighted by molar-refractivity contribution is -0.119. The fourth-order valence-electron chi connectivity index (χ4n) is 3.14. The van der Waals surface area contributed by atoms with Crippen molar-refractivity contribution in [3.05, 3.63) is 79.1 Å². The number of amides is 2. The van der Waals surface area contributed by atoms with Crippen LogP contribution in [0, 0.1) is 0 Å². The van der Waals surface area contributed by atoms with Gasteiger partial charge in [0.25, 0.3) is 5.91 Å². The zero-order chi connectivity index (χ0) is 19.5. The summed E-state index contributed by atoms with van der Waals surface area (Å²) in [5.41, 5.74) is 8.07.